The minimum atomic E-state index is -0.642. The number of rotatable bonds is 7. The highest BCUT2D eigenvalue weighted by Gasteiger charge is 2.24. The van der Waals surface area contributed by atoms with Crippen LogP contribution in [0.15, 0.2) is 29.3 Å². The van der Waals surface area contributed by atoms with Gasteiger partial charge in [-0.25, -0.2) is 4.79 Å². The minimum Gasteiger partial charge on any atom is -0.444 e. The zero-order valence-electron chi connectivity index (χ0n) is 18.6. The monoisotopic (exact) mass is 520 g/mol. The third kappa shape index (κ3) is 11.9. The number of nitrogens with zero attached hydrogens (tertiary/aromatic N) is 1. The summed E-state index contributed by atoms with van der Waals surface area (Å²) in [6.07, 6.45) is -1.11. The lowest BCUT2D eigenvalue weighted by atomic mass is 10.1. The number of carbonyl (C=O) groups is 1. The first-order valence-electron chi connectivity index (χ1n) is 9.70. The van der Waals surface area contributed by atoms with Gasteiger partial charge < -0.3 is 25.8 Å². The average Bonchev–Trinajstić information content (AvgIpc) is 2.54. The number of carbonyl (C=O) groups excluding carboxylic acids is 1. The summed E-state index contributed by atoms with van der Waals surface area (Å²) in [4.78, 5) is 16.5. The highest BCUT2D eigenvalue weighted by Crippen LogP contribution is 2.13. The maximum absolute atomic E-state index is 12.0. The molecule has 1 atom stereocenters. The fourth-order valence-electron chi connectivity index (χ4n) is 2.43. The van der Waals surface area contributed by atoms with E-state index in [0.29, 0.717) is 25.6 Å². The maximum atomic E-state index is 12.0. The van der Waals surface area contributed by atoms with Crippen molar-refractivity contribution < 1.29 is 14.6 Å². The van der Waals surface area contributed by atoms with Gasteiger partial charge in [0.1, 0.15) is 5.60 Å². The van der Waals surface area contributed by atoms with Crippen LogP contribution in [0.1, 0.15) is 58.8 Å². The SMILES string of the molecule is CCNC(=NCC(C)(C)NC(=O)OC(C)(C)C)NCC(O)c1cccc(C)c1.I. The summed E-state index contributed by atoms with van der Waals surface area (Å²) in [6.45, 7) is 14.6. The number of aliphatic hydroxyl groups is 1. The number of alkyl carbamates (subject to hydrolysis) is 1. The Balaban J connectivity index is 0.00000784. The zero-order chi connectivity index (χ0) is 21.4. The molecular formula is C21H37IN4O3. The second kappa shape index (κ2) is 12.2. The van der Waals surface area contributed by atoms with E-state index in [1.165, 1.54) is 0 Å². The molecule has 0 saturated carbocycles. The van der Waals surface area contributed by atoms with Gasteiger partial charge in [-0.2, -0.15) is 0 Å². The summed E-state index contributed by atoms with van der Waals surface area (Å²) < 4.78 is 5.30. The van der Waals surface area contributed by atoms with Gasteiger partial charge in [-0.3, -0.25) is 4.99 Å². The normalized spacial score (nSPS) is 13.2. The molecule has 1 amide bonds. The van der Waals surface area contributed by atoms with E-state index in [2.05, 4.69) is 20.9 Å². The molecule has 166 valence electrons. The summed E-state index contributed by atoms with van der Waals surface area (Å²) in [6, 6.07) is 7.79. The van der Waals surface area contributed by atoms with Gasteiger partial charge in [-0.1, -0.05) is 29.8 Å². The molecule has 0 saturated heterocycles. The van der Waals surface area contributed by atoms with Crippen LogP contribution in [-0.2, 0) is 4.74 Å². The van der Waals surface area contributed by atoms with E-state index < -0.39 is 23.3 Å². The summed E-state index contributed by atoms with van der Waals surface area (Å²) in [5.74, 6) is 0.577. The van der Waals surface area contributed by atoms with Crippen LogP contribution in [0.25, 0.3) is 0 Å². The van der Waals surface area contributed by atoms with E-state index in [1.807, 2.05) is 72.7 Å². The van der Waals surface area contributed by atoms with Crippen LogP contribution in [0, 0.1) is 6.92 Å². The number of amides is 1. The number of nitrogens with one attached hydrogen (secondary N) is 3. The third-order valence-corrected chi connectivity index (χ3v) is 3.71. The molecule has 0 fully saturated rings. The van der Waals surface area contributed by atoms with Gasteiger partial charge in [0.15, 0.2) is 5.96 Å². The van der Waals surface area contributed by atoms with Crippen molar-refractivity contribution in [2.24, 2.45) is 4.99 Å². The molecule has 0 bridgehead atoms. The van der Waals surface area contributed by atoms with Crippen molar-refractivity contribution in [2.45, 2.75) is 65.7 Å². The lowest BCUT2D eigenvalue weighted by molar-refractivity contribution is 0.0476. The maximum Gasteiger partial charge on any atom is 0.408 e. The predicted molar refractivity (Wildman–Crippen MR) is 129 cm³/mol. The highest BCUT2D eigenvalue weighted by atomic mass is 127. The molecule has 1 aromatic rings. The summed E-state index contributed by atoms with van der Waals surface area (Å²) in [5.41, 5.74) is 0.827. The molecule has 8 heteroatoms. The molecule has 1 aromatic carbocycles. The van der Waals surface area contributed by atoms with E-state index in [9.17, 15) is 9.90 Å². The molecule has 0 heterocycles. The third-order valence-electron chi connectivity index (χ3n) is 3.71. The number of benzene rings is 1. The Kier molecular flexibility index (Phi) is 11.6. The molecule has 0 aliphatic carbocycles. The van der Waals surface area contributed by atoms with Gasteiger partial charge in [-0.05, 0) is 54.0 Å². The smallest absolute Gasteiger partial charge is 0.408 e. The first-order valence-corrected chi connectivity index (χ1v) is 9.70. The number of guanidine groups is 1. The lowest BCUT2D eigenvalue weighted by Gasteiger charge is -2.27. The summed E-state index contributed by atoms with van der Waals surface area (Å²) in [5, 5.41) is 19.5. The summed E-state index contributed by atoms with van der Waals surface area (Å²) in [7, 11) is 0. The van der Waals surface area contributed by atoms with Crippen LogP contribution < -0.4 is 16.0 Å². The number of hydrogen-bond acceptors (Lipinski definition) is 4. The van der Waals surface area contributed by atoms with Crippen molar-refractivity contribution in [1.29, 1.82) is 0 Å². The van der Waals surface area contributed by atoms with E-state index in [1.54, 1.807) is 0 Å². The molecule has 1 unspecified atom stereocenters. The molecular weight excluding hydrogens is 483 g/mol. The molecule has 1 rings (SSSR count). The van der Waals surface area contributed by atoms with Crippen molar-refractivity contribution in [2.75, 3.05) is 19.6 Å². The molecule has 0 aliphatic heterocycles. The number of hydrogen-bond donors (Lipinski definition) is 4. The van der Waals surface area contributed by atoms with E-state index in [4.69, 9.17) is 4.74 Å². The Morgan fingerprint density at radius 2 is 1.86 bits per heavy atom. The second-order valence-corrected chi connectivity index (χ2v) is 8.52. The second-order valence-electron chi connectivity index (χ2n) is 8.52. The zero-order valence-corrected chi connectivity index (χ0v) is 21.0. The van der Waals surface area contributed by atoms with Gasteiger partial charge in [0, 0.05) is 13.1 Å². The summed E-state index contributed by atoms with van der Waals surface area (Å²) >= 11 is 0. The molecule has 0 aliphatic rings. The first kappa shape index (κ1) is 27.5. The van der Waals surface area contributed by atoms with Crippen molar-refractivity contribution >= 4 is 36.0 Å². The Labute approximate surface area is 192 Å². The molecule has 0 spiro atoms. The molecule has 7 nitrogen and oxygen atoms in total. The predicted octanol–water partition coefficient (Wildman–Crippen LogP) is 3.50. The lowest BCUT2D eigenvalue weighted by Crippen LogP contribution is -2.49. The minimum absolute atomic E-state index is 0. The molecule has 29 heavy (non-hydrogen) atoms. The standard InChI is InChI=1S/C21H36N4O3.HI/c1-8-22-18(23-13-17(26)16-11-9-10-15(2)12-16)24-14-21(6,7)25-19(27)28-20(3,4)5;/h9-12,17,26H,8,13-14H2,1-7H3,(H,25,27)(H2,22,23,24);1H. The van der Waals surface area contributed by atoms with Crippen molar-refractivity contribution in [3.8, 4) is 0 Å². The number of ether oxygens (including phenoxy) is 1. The van der Waals surface area contributed by atoms with E-state index in [0.717, 1.165) is 11.1 Å². The van der Waals surface area contributed by atoms with Crippen molar-refractivity contribution in [3.05, 3.63) is 35.4 Å². The van der Waals surface area contributed by atoms with E-state index >= 15 is 0 Å². The number of aliphatic hydroxyl groups excluding tert-OH is 1. The van der Waals surface area contributed by atoms with Crippen LogP contribution in [0.3, 0.4) is 0 Å². The Morgan fingerprint density at radius 1 is 1.21 bits per heavy atom. The van der Waals surface area contributed by atoms with Gasteiger partial charge in [0.25, 0.3) is 0 Å². The van der Waals surface area contributed by atoms with E-state index in [-0.39, 0.29) is 24.0 Å². The largest absolute Gasteiger partial charge is 0.444 e. The molecule has 0 aromatic heterocycles. The van der Waals surface area contributed by atoms with Crippen LogP contribution in [0.4, 0.5) is 4.79 Å². The Bertz CT molecular complexity index is 672. The molecule has 4 N–H and O–H groups in total. The first-order chi connectivity index (χ1) is 12.9. The Hall–Kier alpha value is -1.55. The molecule has 0 radical (unpaired) electrons. The quantitative estimate of drug-likeness (QED) is 0.251. The van der Waals surface area contributed by atoms with Crippen LogP contribution in [0.5, 0.6) is 0 Å². The number of halogens is 1. The van der Waals surface area contributed by atoms with Crippen LogP contribution >= 0.6 is 24.0 Å². The number of aliphatic imine (C=N–C) groups is 1. The average molecular weight is 520 g/mol. The highest BCUT2D eigenvalue weighted by molar-refractivity contribution is 14.0. The number of aryl methyl sites for hydroxylation is 1. The van der Waals surface area contributed by atoms with Crippen molar-refractivity contribution in [3.63, 3.8) is 0 Å². The topological polar surface area (TPSA) is 95.0 Å². The fourth-order valence-corrected chi connectivity index (χ4v) is 2.43. The Morgan fingerprint density at radius 3 is 2.41 bits per heavy atom. The van der Waals surface area contributed by atoms with Gasteiger partial charge >= 0.3 is 6.09 Å². The van der Waals surface area contributed by atoms with Crippen molar-refractivity contribution in [1.82, 2.24) is 16.0 Å². The van der Waals surface area contributed by atoms with Gasteiger partial charge in [-0.15, -0.1) is 24.0 Å². The van der Waals surface area contributed by atoms with Gasteiger partial charge in [0.2, 0.25) is 0 Å². The van der Waals surface area contributed by atoms with Crippen LogP contribution in [0.2, 0.25) is 0 Å². The van der Waals surface area contributed by atoms with Gasteiger partial charge in [0.05, 0.1) is 18.2 Å². The fraction of sp³-hybridized carbons (Fsp3) is 0.619. The van der Waals surface area contributed by atoms with Crippen LogP contribution in [-0.4, -0.2) is 47.9 Å².